The molecule has 0 saturated carbocycles. The van der Waals surface area contributed by atoms with Crippen LogP contribution in [-0.2, 0) is 5.54 Å². The van der Waals surface area contributed by atoms with Gasteiger partial charge < -0.3 is 4.57 Å². The van der Waals surface area contributed by atoms with Gasteiger partial charge in [-0.05, 0) is 58.4 Å². The summed E-state index contributed by atoms with van der Waals surface area (Å²) in [6.07, 6.45) is 1.77. The molecule has 0 radical (unpaired) electrons. The number of allylic oxidation sites excluding steroid dienone is 1. The summed E-state index contributed by atoms with van der Waals surface area (Å²) < 4.78 is 16.1. The Morgan fingerprint density at radius 3 is 2.36 bits per heavy atom. The number of nitrogens with zero attached hydrogens (tertiary/aromatic N) is 2. The average Bonchev–Trinajstić information content (AvgIpc) is 2.71. The number of nitriles is 1. The van der Waals surface area contributed by atoms with Crippen LogP contribution in [0.2, 0.25) is 0 Å². The van der Waals surface area contributed by atoms with Crippen LogP contribution in [0.3, 0.4) is 0 Å². The SMILES string of the molecule is Cc1cc(C=C(C#N)c2ccccc2F)c(C)n1C(C)(C)C. The molecule has 1 aromatic heterocycles. The molecule has 1 heterocycles. The van der Waals surface area contributed by atoms with Crippen molar-refractivity contribution in [1.82, 2.24) is 4.57 Å². The van der Waals surface area contributed by atoms with Crippen LogP contribution in [0.1, 0.15) is 43.3 Å². The first kappa shape index (κ1) is 16.0. The fourth-order valence-electron chi connectivity index (χ4n) is 2.97. The minimum atomic E-state index is -0.375. The largest absolute Gasteiger partial charge is 0.343 e. The Balaban J connectivity index is 2.58. The van der Waals surface area contributed by atoms with Crippen molar-refractivity contribution in [1.29, 1.82) is 5.26 Å². The minimum absolute atomic E-state index is 0.0366. The molecule has 114 valence electrons. The van der Waals surface area contributed by atoms with Gasteiger partial charge in [0, 0.05) is 22.5 Å². The van der Waals surface area contributed by atoms with Crippen molar-refractivity contribution in [2.24, 2.45) is 0 Å². The Morgan fingerprint density at radius 2 is 1.86 bits per heavy atom. The van der Waals surface area contributed by atoms with E-state index >= 15 is 0 Å². The molecule has 0 saturated heterocycles. The molecule has 3 heteroatoms. The van der Waals surface area contributed by atoms with Crippen molar-refractivity contribution in [2.75, 3.05) is 0 Å². The van der Waals surface area contributed by atoms with Gasteiger partial charge in [-0.3, -0.25) is 0 Å². The van der Waals surface area contributed by atoms with Gasteiger partial charge in [0.1, 0.15) is 5.82 Å². The molecule has 0 bridgehead atoms. The lowest BCUT2D eigenvalue weighted by atomic mass is 10.0. The lowest BCUT2D eigenvalue weighted by Crippen LogP contribution is -2.24. The van der Waals surface area contributed by atoms with Crippen LogP contribution in [0.5, 0.6) is 0 Å². The van der Waals surface area contributed by atoms with E-state index in [2.05, 4.69) is 31.4 Å². The molecule has 0 aliphatic carbocycles. The highest BCUT2D eigenvalue weighted by atomic mass is 19.1. The van der Waals surface area contributed by atoms with Crippen LogP contribution < -0.4 is 0 Å². The second kappa shape index (κ2) is 5.81. The van der Waals surface area contributed by atoms with E-state index in [4.69, 9.17) is 0 Å². The van der Waals surface area contributed by atoms with Crippen molar-refractivity contribution in [3.63, 3.8) is 0 Å². The summed E-state index contributed by atoms with van der Waals surface area (Å²) in [4.78, 5) is 0. The lowest BCUT2D eigenvalue weighted by molar-refractivity contribution is 0.383. The van der Waals surface area contributed by atoms with Gasteiger partial charge in [0.2, 0.25) is 0 Å². The predicted octanol–water partition coefficient (Wildman–Crippen LogP) is 5.06. The van der Waals surface area contributed by atoms with Gasteiger partial charge in [-0.25, -0.2) is 4.39 Å². The number of halogens is 1. The number of benzene rings is 1. The molecule has 0 aliphatic heterocycles. The second-order valence-corrected chi connectivity index (χ2v) is 6.48. The van der Waals surface area contributed by atoms with E-state index in [1.807, 2.05) is 19.9 Å². The van der Waals surface area contributed by atoms with Crippen molar-refractivity contribution in [3.8, 4) is 6.07 Å². The van der Waals surface area contributed by atoms with E-state index in [0.717, 1.165) is 17.0 Å². The van der Waals surface area contributed by atoms with Crippen LogP contribution in [0, 0.1) is 31.0 Å². The van der Waals surface area contributed by atoms with Crippen LogP contribution in [0.25, 0.3) is 11.6 Å². The highest BCUT2D eigenvalue weighted by Crippen LogP contribution is 2.28. The van der Waals surface area contributed by atoms with Crippen molar-refractivity contribution >= 4 is 11.6 Å². The zero-order valence-corrected chi connectivity index (χ0v) is 13.7. The first-order valence-corrected chi connectivity index (χ1v) is 7.32. The lowest BCUT2D eigenvalue weighted by Gasteiger charge is -2.25. The first-order chi connectivity index (χ1) is 10.3. The normalized spacial score (nSPS) is 12.3. The Labute approximate surface area is 131 Å². The van der Waals surface area contributed by atoms with E-state index in [9.17, 15) is 9.65 Å². The quantitative estimate of drug-likeness (QED) is 0.712. The summed E-state index contributed by atoms with van der Waals surface area (Å²) in [6, 6.07) is 10.5. The Hall–Kier alpha value is -2.34. The smallest absolute Gasteiger partial charge is 0.131 e. The molecule has 2 nitrogen and oxygen atoms in total. The Bertz CT molecular complexity index is 768. The van der Waals surface area contributed by atoms with Gasteiger partial charge in [0.05, 0.1) is 11.6 Å². The third kappa shape index (κ3) is 2.96. The zero-order chi connectivity index (χ0) is 16.5. The predicted molar refractivity (Wildman–Crippen MR) is 88.8 cm³/mol. The van der Waals surface area contributed by atoms with Crippen molar-refractivity contribution in [3.05, 3.63) is 58.7 Å². The number of hydrogen-bond donors (Lipinski definition) is 0. The van der Waals surface area contributed by atoms with Crippen molar-refractivity contribution in [2.45, 2.75) is 40.2 Å². The maximum Gasteiger partial charge on any atom is 0.131 e. The molecule has 0 unspecified atom stereocenters. The summed E-state index contributed by atoms with van der Waals surface area (Å²) in [6.45, 7) is 10.5. The molecule has 2 rings (SSSR count). The van der Waals surface area contributed by atoms with E-state index in [1.54, 1.807) is 24.3 Å². The van der Waals surface area contributed by atoms with Gasteiger partial charge in [0.25, 0.3) is 0 Å². The molecule has 0 atom stereocenters. The van der Waals surface area contributed by atoms with E-state index in [-0.39, 0.29) is 11.4 Å². The molecule has 22 heavy (non-hydrogen) atoms. The van der Waals surface area contributed by atoms with E-state index < -0.39 is 0 Å². The molecular weight excluding hydrogens is 275 g/mol. The Morgan fingerprint density at radius 1 is 1.23 bits per heavy atom. The summed E-state index contributed by atoms with van der Waals surface area (Å²) in [5, 5.41) is 9.40. The van der Waals surface area contributed by atoms with Crippen LogP contribution in [-0.4, -0.2) is 4.57 Å². The van der Waals surface area contributed by atoms with Gasteiger partial charge >= 0.3 is 0 Å². The first-order valence-electron chi connectivity index (χ1n) is 7.32. The van der Waals surface area contributed by atoms with Gasteiger partial charge in [-0.1, -0.05) is 18.2 Å². The fraction of sp³-hybridized carbons (Fsp3) is 0.316. The van der Waals surface area contributed by atoms with Crippen LogP contribution >= 0.6 is 0 Å². The zero-order valence-electron chi connectivity index (χ0n) is 13.7. The topological polar surface area (TPSA) is 28.7 Å². The number of rotatable bonds is 2. The second-order valence-electron chi connectivity index (χ2n) is 6.48. The molecular formula is C19H21FN2. The molecule has 0 amide bonds. The molecule has 1 aromatic carbocycles. The molecule has 2 aromatic rings. The van der Waals surface area contributed by atoms with Crippen LogP contribution in [0.4, 0.5) is 4.39 Å². The number of aromatic nitrogens is 1. The maximum absolute atomic E-state index is 13.9. The highest BCUT2D eigenvalue weighted by Gasteiger charge is 2.19. The Kier molecular flexibility index (Phi) is 4.23. The minimum Gasteiger partial charge on any atom is -0.343 e. The summed E-state index contributed by atoms with van der Waals surface area (Å²) >= 11 is 0. The standard InChI is InChI=1S/C19H21FN2/c1-13-10-15(14(2)22(13)19(3,4)5)11-16(12-21)17-8-6-7-9-18(17)20/h6-11H,1-5H3. The summed E-state index contributed by atoms with van der Waals surface area (Å²) in [5.74, 6) is -0.375. The summed E-state index contributed by atoms with van der Waals surface area (Å²) in [7, 11) is 0. The number of aryl methyl sites for hydroxylation is 1. The highest BCUT2D eigenvalue weighted by molar-refractivity contribution is 5.90. The molecule has 0 N–H and O–H groups in total. The van der Waals surface area contributed by atoms with E-state index in [0.29, 0.717) is 11.1 Å². The van der Waals surface area contributed by atoms with Gasteiger partial charge in [0.15, 0.2) is 0 Å². The van der Waals surface area contributed by atoms with Crippen LogP contribution in [0.15, 0.2) is 30.3 Å². The fourth-order valence-corrected chi connectivity index (χ4v) is 2.97. The molecule has 0 aliphatic rings. The van der Waals surface area contributed by atoms with Gasteiger partial charge in [-0.2, -0.15) is 5.26 Å². The van der Waals surface area contributed by atoms with Crippen molar-refractivity contribution < 1.29 is 4.39 Å². The number of hydrogen-bond acceptors (Lipinski definition) is 1. The molecule has 0 fully saturated rings. The molecule has 0 spiro atoms. The van der Waals surface area contributed by atoms with E-state index in [1.165, 1.54) is 6.07 Å². The monoisotopic (exact) mass is 296 g/mol. The maximum atomic E-state index is 13.9. The average molecular weight is 296 g/mol. The van der Waals surface area contributed by atoms with Gasteiger partial charge in [-0.15, -0.1) is 0 Å². The third-order valence-corrected chi connectivity index (χ3v) is 3.73. The third-order valence-electron chi connectivity index (χ3n) is 3.73. The summed E-state index contributed by atoms with van der Waals surface area (Å²) in [5.41, 5.74) is 3.80.